The van der Waals surface area contributed by atoms with Crippen LogP contribution in [0.3, 0.4) is 0 Å². The summed E-state index contributed by atoms with van der Waals surface area (Å²) in [6, 6.07) is 10.00. The fraction of sp³-hybridized carbons (Fsp3) is 0.444. The van der Waals surface area contributed by atoms with Crippen molar-refractivity contribution in [3.63, 3.8) is 0 Å². The third kappa shape index (κ3) is 5.06. The van der Waals surface area contributed by atoms with Gasteiger partial charge in [0.05, 0.1) is 25.6 Å². The van der Waals surface area contributed by atoms with Crippen molar-refractivity contribution >= 4 is 25.2 Å². The standard InChI is InChI=1S/C18H26O4Si/c1-6-21-17(19)13-16(18(20)22-7-2)14(3)23(4,5)15-11-9-8-10-12-15/h8-12,16H,3,6-7,13H2,1-2,4-5H3. The molecule has 0 amide bonds. The van der Waals surface area contributed by atoms with Gasteiger partial charge in [-0.25, -0.2) is 0 Å². The predicted molar refractivity (Wildman–Crippen MR) is 94.1 cm³/mol. The molecule has 0 bridgehead atoms. The summed E-state index contributed by atoms with van der Waals surface area (Å²) in [5, 5.41) is 1.96. The highest BCUT2D eigenvalue weighted by atomic mass is 28.3. The Bertz CT molecular complexity index is 551. The molecule has 0 fully saturated rings. The van der Waals surface area contributed by atoms with Gasteiger partial charge in [-0.1, -0.05) is 53.8 Å². The number of esters is 2. The molecule has 0 saturated carbocycles. The number of rotatable bonds is 8. The van der Waals surface area contributed by atoms with Crippen LogP contribution in [0, 0.1) is 5.92 Å². The highest BCUT2D eigenvalue weighted by molar-refractivity contribution is 6.95. The van der Waals surface area contributed by atoms with Gasteiger partial charge in [0.2, 0.25) is 0 Å². The van der Waals surface area contributed by atoms with Gasteiger partial charge < -0.3 is 9.47 Å². The first kappa shape index (κ1) is 19.2. The molecule has 0 spiro atoms. The van der Waals surface area contributed by atoms with E-state index in [0.29, 0.717) is 6.61 Å². The summed E-state index contributed by atoms with van der Waals surface area (Å²) in [6.45, 7) is 12.5. The summed E-state index contributed by atoms with van der Waals surface area (Å²) in [5.41, 5.74) is 0. The largest absolute Gasteiger partial charge is 0.466 e. The summed E-state index contributed by atoms with van der Waals surface area (Å²) in [7, 11) is -2.13. The SMILES string of the molecule is C=C(C(CC(=O)OCC)C(=O)OCC)[Si](C)(C)c1ccccc1. The molecule has 5 heteroatoms. The first-order chi connectivity index (χ1) is 10.8. The van der Waals surface area contributed by atoms with E-state index in [1.165, 1.54) is 5.19 Å². The maximum Gasteiger partial charge on any atom is 0.313 e. The van der Waals surface area contributed by atoms with Gasteiger partial charge in [0.1, 0.15) is 8.07 Å². The van der Waals surface area contributed by atoms with Crippen LogP contribution in [-0.2, 0) is 19.1 Å². The van der Waals surface area contributed by atoms with E-state index in [1.807, 2.05) is 30.3 Å². The number of carbonyl (C=O) groups is 2. The molecule has 0 radical (unpaired) electrons. The highest BCUT2D eigenvalue weighted by Gasteiger charge is 2.37. The molecule has 4 nitrogen and oxygen atoms in total. The van der Waals surface area contributed by atoms with Crippen LogP contribution in [0.1, 0.15) is 20.3 Å². The monoisotopic (exact) mass is 334 g/mol. The Morgan fingerprint density at radius 3 is 2.17 bits per heavy atom. The van der Waals surface area contributed by atoms with Crippen molar-refractivity contribution in [3.8, 4) is 0 Å². The molecule has 0 aliphatic carbocycles. The van der Waals surface area contributed by atoms with Gasteiger partial charge in [-0.15, -0.1) is 6.58 Å². The minimum absolute atomic E-state index is 0.0191. The average molecular weight is 334 g/mol. The van der Waals surface area contributed by atoms with E-state index < -0.39 is 25.9 Å². The third-order valence-corrected chi connectivity index (χ3v) is 7.70. The second kappa shape index (κ2) is 8.67. The van der Waals surface area contributed by atoms with E-state index in [2.05, 4.69) is 19.7 Å². The van der Waals surface area contributed by atoms with Gasteiger partial charge in [-0.05, 0) is 13.8 Å². The smallest absolute Gasteiger partial charge is 0.313 e. The Morgan fingerprint density at radius 1 is 1.09 bits per heavy atom. The van der Waals surface area contributed by atoms with Crippen molar-refractivity contribution in [1.29, 1.82) is 0 Å². The van der Waals surface area contributed by atoms with Crippen molar-refractivity contribution in [2.24, 2.45) is 5.92 Å². The van der Waals surface area contributed by atoms with Gasteiger partial charge in [-0.3, -0.25) is 9.59 Å². The second-order valence-electron chi connectivity index (χ2n) is 5.83. The molecule has 0 saturated heterocycles. The molecule has 126 valence electrons. The molecule has 0 aromatic heterocycles. The van der Waals surface area contributed by atoms with E-state index >= 15 is 0 Å². The highest BCUT2D eigenvalue weighted by Crippen LogP contribution is 2.26. The lowest BCUT2D eigenvalue weighted by Gasteiger charge is -2.30. The lowest BCUT2D eigenvalue weighted by atomic mass is 10.1. The van der Waals surface area contributed by atoms with E-state index in [-0.39, 0.29) is 13.0 Å². The summed E-state index contributed by atoms with van der Waals surface area (Å²) >= 11 is 0. The van der Waals surface area contributed by atoms with E-state index in [1.54, 1.807) is 13.8 Å². The molecule has 0 aliphatic rings. The molecule has 1 aromatic rings. The number of hydrogen-bond donors (Lipinski definition) is 0. The topological polar surface area (TPSA) is 52.6 Å². The van der Waals surface area contributed by atoms with Crippen LogP contribution in [0.4, 0.5) is 0 Å². The maximum atomic E-state index is 12.3. The Labute approximate surface area is 139 Å². The van der Waals surface area contributed by atoms with Crippen LogP contribution in [0.15, 0.2) is 42.1 Å². The van der Waals surface area contributed by atoms with Crippen molar-refractivity contribution in [3.05, 3.63) is 42.1 Å². The molecule has 0 aliphatic heterocycles. The van der Waals surface area contributed by atoms with E-state index in [0.717, 1.165) is 5.20 Å². The van der Waals surface area contributed by atoms with Gasteiger partial charge in [0.15, 0.2) is 0 Å². The second-order valence-corrected chi connectivity index (χ2v) is 10.3. The fourth-order valence-electron chi connectivity index (χ4n) is 2.45. The molecule has 1 unspecified atom stereocenters. The normalized spacial score (nSPS) is 12.3. The molecule has 1 rings (SSSR count). The molecule has 0 heterocycles. The zero-order chi connectivity index (χ0) is 17.5. The first-order valence-electron chi connectivity index (χ1n) is 7.91. The zero-order valence-corrected chi connectivity index (χ0v) is 15.4. The average Bonchev–Trinajstić information content (AvgIpc) is 2.53. The van der Waals surface area contributed by atoms with Gasteiger partial charge >= 0.3 is 11.9 Å². The molecule has 1 aromatic carbocycles. The lowest BCUT2D eigenvalue weighted by molar-refractivity contribution is -0.153. The van der Waals surface area contributed by atoms with Gasteiger partial charge in [-0.2, -0.15) is 0 Å². The quantitative estimate of drug-likeness (QED) is 0.542. The Morgan fingerprint density at radius 2 is 1.65 bits per heavy atom. The maximum absolute atomic E-state index is 12.3. The van der Waals surface area contributed by atoms with E-state index in [9.17, 15) is 9.59 Å². The minimum atomic E-state index is -2.13. The molecular formula is C18H26O4Si. The summed E-state index contributed by atoms with van der Waals surface area (Å²) in [4.78, 5) is 24.2. The van der Waals surface area contributed by atoms with Gasteiger partial charge in [0, 0.05) is 0 Å². The van der Waals surface area contributed by atoms with Crippen LogP contribution >= 0.6 is 0 Å². The van der Waals surface area contributed by atoms with Crippen molar-refractivity contribution < 1.29 is 19.1 Å². The first-order valence-corrected chi connectivity index (χ1v) is 10.9. The Balaban J connectivity index is 3.07. The molecule has 1 atom stereocenters. The van der Waals surface area contributed by atoms with E-state index in [4.69, 9.17) is 9.47 Å². The fourth-order valence-corrected chi connectivity index (χ4v) is 4.94. The molecule has 0 N–H and O–H groups in total. The minimum Gasteiger partial charge on any atom is -0.466 e. The Kier molecular flexibility index (Phi) is 7.23. The summed E-state index contributed by atoms with van der Waals surface area (Å²) < 4.78 is 10.1. The Hall–Kier alpha value is -1.88. The van der Waals surface area contributed by atoms with Crippen LogP contribution in [0.25, 0.3) is 0 Å². The summed E-state index contributed by atoms with van der Waals surface area (Å²) in [5.74, 6) is -1.46. The predicted octanol–water partition coefficient (Wildman–Crippen LogP) is 2.83. The number of hydrogen-bond acceptors (Lipinski definition) is 4. The van der Waals surface area contributed by atoms with Crippen LogP contribution in [0.2, 0.25) is 13.1 Å². The van der Waals surface area contributed by atoms with Crippen LogP contribution in [0.5, 0.6) is 0 Å². The number of ether oxygens (including phenoxy) is 2. The van der Waals surface area contributed by atoms with Crippen LogP contribution in [-0.4, -0.2) is 33.2 Å². The van der Waals surface area contributed by atoms with Crippen molar-refractivity contribution in [1.82, 2.24) is 0 Å². The molecular weight excluding hydrogens is 308 g/mol. The number of benzene rings is 1. The van der Waals surface area contributed by atoms with Gasteiger partial charge in [0.25, 0.3) is 0 Å². The van der Waals surface area contributed by atoms with Crippen molar-refractivity contribution in [2.75, 3.05) is 13.2 Å². The van der Waals surface area contributed by atoms with Crippen molar-refractivity contribution in [2.45, 2.75) is 33.4 Å². The zero-order valence-electron chi connectivity index (χ0n) is 14.4. The number of carbonyl (C=O) groups excluding carboxylic acids is 2. The van der Waals surface area contributed by atoms with Crippen LogP contribution < -0.4 is 5.19 Å². The molecule has 23 heavy (non-hydrogen) atoms. The third-order valence-electron chi connectivity index (χ3n) is 3.97. The lowest BCUT2D eigenvalue weighted by Crippen LogP contribution is -2.47. The summed E-state index contributed by atoms with van der Waals surface area (Å²) in [6.07, 6.45) is -0.0191.